The first-order valence-electron chi connectivity index (χ1n) is 9.91. The predicted octanol–water partition coefficient (Wildman–Crippen LogP) is 4.05. The third-order valence-electron chi connectivity index (χ3n) is 4.94. The highest BCUT2D eigenvalue weighted by atomic mass is 19.1. The zero-order valence-corrected chi connectivity index (χ0v) is 17.3. The highest BCUT2D eigenvalue weighted by molar-refractivity contribution is 6.07. The number of fused-ring (bicyclic) bond motifs is 1. The molecule has 2 N–H and O–H groups in total. The van der Waals surface area contributed by atoms with Crippen molar-refractivity contribution in [3.63, 3.8) is 0 Å². The van der Waals surface area contributed by atoms with Gasteiger partial charge in [0, 0.05) is 10.9 Å². The van der Waals surface area contributed by atoms with Gasteiger partial charge in [-0.05, 0) is 54.1 Å². The Morgan fingerprint density at radius 2 is 1.66 bits per heavy atom. The van der Waals surface area contributed by atoms with E-state index in [-0.39, 0.29) is 12.2 Å². The van der Waals surface area contributed by atoms with E-state index >= 15 is 0 Å². The maximum atomic E-state index is 13.0. The number of hydrazine groups is 1. The van der Waals surface area contributed by atoms with Gasteiger partial charge in [0.25, 0.3) is 5.91 Å². The minimum atomic E-state index is -0.467. The maximum Gasteiger partial charge on any atom is 0.270 e. The quantitative estimate of drug-likeness (QED) is 0.469. The van der Waals surface area contributed by atoms with Gasteiger partial charge in [0.2, 0.25) is 5.91 Å². The molecule has 0 radical (unpaired) electrons. The van der Waals surface area contributed by atoms with Crippen molar-refractivity contribution in [1.82, 2.24) is 15.8 Å². The van der Waals surface area contributed by atoms with Gasteiger partial charge in [0.15, 0.2) is 0 Å². The molecule has 1 heterocycles. The van der Waals surface area contributed by atoms with Gasteiger partial charge >= 0.3 is 0 Å². The highest BCUT2D eigenvalue weighted by Gasteiger charge is 2.15. The fourth-order valence-electron chi connectivity index (χ4n) is 3.30. The van der Waals surface area contributed by atoms with Crippen molar-refractivity contribution in [2.45, 2.75) is 6.42 Å². The number of amides is 2. The molecule has 32 heavy (non-hydrogen) atoms. The molecule has 0 spiro atoms. The normalized spacial score (nSPS) is 10.6. The van der Waals surface area contributed by atoms with E-state index in [1.54, 1.807) is 19.2 Å². The predicted molar refractivity (Wildman–Crippen MR) is 119 cm³/mol. The molecule has 0 bridgehead atoms. The molecule has 0 aliphatic heterocycles. The number of pyridine rings is 1. The lowest BCUT2D eigenvalue weighted by Crippen LogP contribution is -2.42. The molecule has 0 aliphatic rings. The van der Waals surface area contributed by atoms with Crippen LogP contribution in [-0.2, 0) is 11.2 Å². The van der Waals surface area contributed by atoms with Crippen LogP contribution in [0.1, 0.15) is 15.9 Å². The van der Waals surface area contributed by atoms with Gasteiger partial charge in [-0.3, -0.25) is 20.4 Å². The van der Waals surface area contributed by atoms with Crippen LogP contribution in [0.3, 0.4) is 0 Å². The number of methoxy groups -OCH3 is 1. The van der Waals surface area contributed by atoms with Crippen LogP contribution in [0.4, 0.5) is 4.39 Å². The molecule has 0 saturated heterocycles. The number of ether oxygens (including phenoxy) is 1. The standard InChI is InChI=1S/C25H20FN3O3/c1-32-19-12-8-17(9-13-19)23-15-21(20-4-2-3-5-22(20)27-23)25(31)29-28-24(30)14-16-6-10-18(26)11-7-16/h2-13,15H,14H2,1H3,(H,28,30)(H,29,31). The van der Waals surface area contributed by atoms with Crippen LogP contribution in [0, 0.1) is 5.82 Å². The Bertz CT molecular complexity index is 1270. The zero-order chi connectivity index (χ0) is 22.5. The van der Waals surface area contributed by atoms with Crippen molar-refractivity contribution in [1.29, 1.82) is 0 Å². The SMILES string of the molecule is COc1ccc(-c2cc(C(=O)NNC(=O)Cc3ccc(F)cc3)c3ccccc3n2)cc1. The summed E-state index contributed by atoms with van der Waals surface area (Å²) in [4.78, 5) is 29.8. The van der Waals surface area contributed by atoms with Crippen molar-refractivity contribution in [2.75, 3.05) is 7.11 Å². The summed E-state index contributed by atoms with van der Waals surface area (Å²) in [7, 11) is 1.59. The lowest BCUT2D eigenvalue weighted by atomic mass is 10.0. The third-order valence-corrected chi connectivity index (χ3v) is 4.94. The number of para-hydroxylation sites is 1. The molecule has 0 aliphatic carbocycles. The average molecular weight is 429 g/mol. The molecule has 7 heteroatoms. The lowest BCUT2D eigenvalue weighted by Gasteiger charge is -2.12. The third kappa shape index (κ3) is 4.73. The van der Waals surface area contributed by atoms with E-state index in [9.17, 15) is 14.0 Å². The lowest BCUT2D eigenvalue weighted by molar-refractivity contribution is -0.121. The largest absolute Gasteiger partial charge is 0.497 e. The van der Waals surface area contributed by atoms with E-state index in [0.29, 0.717) is 27.7 Å². The number of nitrogens with zero attached hydrogens (tertiary/aromatic N) is 1. The van der Waals surface area contributed by atoms with E-state index in [1.807, 2.05) is 42.5 Å². The first-order valence-corrected chi connectivity index (χ1v) is 9.91. The Morgan fingerprint density at radius 3 is 2.38 bits per heavy atom. The van der Waals surface area contributed by atoms with E-state index in [4.69, 9.17) is 4.74 Å². The van der Waals surface area contributed by atoms with Gasteiger partial charge in [-0.15, -0.1) is 0 Å². The second kappa shape index (κ2) is 9.26. The second-order valence-corrected chi connectivity index (χ2v) is 7.11. The number of carbonyl (C=O) groups is 2. The molecule has 0 saturated carbocycles. The molecule has 4 aromatic rings. The average Bonchev–Trinajstić information content (AvgIpc) is 2.83. The summed E-state index contributed by atoms with van der Waals surface area (Å²) in [6.07, 6.45) is 0.00868. The van der Waals surface area contributed by atoms with Crippen LogP contribution in [0.2, 0.25) is 0 Å². The Kier molecular flexibility index (Phi) is 6.07. The Hall–Kier alpha value is -4.26. The van der Waals surface area contributed by atoms with Crippen LogP contribution < -0.4 is 15.6 Å². The highest BCUT2D eigenvalue weighted by Crippen LogP contribution is 2.26. The molecule has 3 aromatic carbocycles. The summed E-state index contributed by atoms with van der Waals surface area (Å²) in [6, 6.07) is 22.0. The number of hydrogen-bond donors (Lipinski definition) is 2. The minimum Gasteiger partial charge on any atom is -0.497 e. The second-order valence-electron chi connectivity index (χ2n) is 7.11. The van der Waals surface area contributed by atoms with Gasteiger partial charge < -0.3 is 4.74 Å². The number of benzene rings is 3. The van der Waals surface area contributed by atoms with E-state index < -0.39 is 11.8 Å². The summed E-state index contributed by atoms with van der Waals surface area (Å²) in [5.74, 6) is -0.541. The summed E-state index contributed by atoms with van der Waals surface area (Å²) in [5.41, 5.74) is 7.99. The number of halogens is 1. The van der Waals surface area contributed by atoms with E-state index in [1.165, 1.54) is 24.3 Å². The van der Waals surface area contributed by atoms with Crippen molar-refractivity contribution in [3.8, 4) is 17.0 Å². The number of hydrogen-bond acceptors (Lipinski definition) is 4. The molecule has 6 nitrogen and oxygen atoms in total. The Balaban J connectivity index is 1.55. The van der Waals surface area contributed by atoms with Gasteiger partial charge in [-0.2, -0.15) is 0 Å². The van der Waals surface area contributed by atoms with Crippen LogP contribution >= 0.6 is 0 Å². The minimum absolute atomic E-state index is 0.00868. The maximum absolute atomic E-state index is 13.0. The number of rotatable bonds is 5. The number of nitrogens with one attached hydrogen (secondary N) is 2. The van der Waals surface area contributed by atoms with Crippen LogP contribution in [0.25, 0.3) is 22.2 Å². The number of carbonyl (C=O) groups excluding carboxylic acids is 2. The smallest absolute Gasteiger partial charge is 0.270 e. The fourth-order valence-corrected chi connectivity index (χ4v) is 3.30. The summed E-state index contributed by atoms with van der Waals surface area (Å²) in [5, 5.41) is 0.662. The van der Waals surface area contributed by atoms with Gasteiger partial charge in [-0.25, -0.2) is 9.37 Å². The molecule has 0 atom stereocenters. The topological polar surface area (TPSA) is 80.3 Å². The van der Waals surface area contributed by atoms with E-state index in [0.717, 1.165) is 11.3 Å². The summed E-state index contributed by atoms with van der Waals surface area (Å²) >= 11 is 0. The van der Waals surface area contributed by atoms with E-state index in [2.05, 4.69) is 15.8 Å². The molecule has 1 aromatic heterocycles. The van der Waals surface area contributed by atoms with Crippen LogP contribution in [-0.4, -0.2) is 23.9 Å². The monoisotopic (exact) mass is 429 g/mol. The first kappa shape index (κ1) is 21.0. The molecule has 4 rings (SSSR count). The molecular weight excluding hydrogens is 409 g/mol. The molecular formula is C25H20FN3O3. The molecule has 0 unspecified atom stereocenters. The van der Waals surface area contributed by atoms with Crippen molar-refractivity contribution < 1.29 is 18.7 Å². The zero-order valence-electron chi connectivity index (χ0n) is 17.3. The summed E-state index contributed by atoms with van der Waals surface area (Å²) in [6.45, 7) is 0. The fraction of sp³-hybridized carbons (Fsp3) is 0.0800. The molecule has 2 amide bonds. The number of aromatic nitrogens is 1. The van der Waals surface area contributed by atoms with Crippen molar-refractivity contribution >= 4 is 22.7 Å². The molecule has 0 fully saturated rings. The van der Waals surface area contributed by atoms with Gasteiger partial charge in [0.05, 0.1) is 30.3 Å². The van der Waals surface area contributed by atoms with Gasteiger partial charge in [-0.1, -0.05) is 30.3 Å². The van der Waals surface area contributed by atoms with Crippen LogP contribution in [0.5, 0.6) is 5.75 Å². The summed E-state index contributed by atoms with van der Waals surface area (Å²) < 4.78 is 18.2. The van der Waals surface area contributed by atoms with Crippen molar-refractivity contribution in [3.05, 3.63) is 95.8 Å². The van der Waals surface area contributed by atoms with Crippen molar-refractivity contribution in [2.24, 2.45) is 0 Å². The first-order chi connectivity index (χ1) is 15.5. The Morgan fingerprint density at radius 1 is 0.938 bits per heavy atom. The Labute approximate surface area is 184 Å². The van der Waals surface area contributed by atoms with Crippen LogP contribution in [0.15, 0.2) is 78.9 Å². The van der Waals surface area contributed by atoms with Gasteiger partial charge in [0.1, 0.15) is 11.6 Å². The molecule has 160 valence electrons.